The second-order valence-corrected chi connectivity index (χ2v) is 5.86. The molecule has 0 radical (unpaired) electrons. The number of nitrogens with two attached hydrogens (primary N) is 3. The molecule has 0 aromatic rings. The van der Waals surface area contributed by atoms with Crippen molar-refractivity contribution in [3.05, 3.63) is 0 Å². The van der Waals surface area contributed by atoms with Gasteiger partial charge in [-0.2, -0.15) is 0 Å². The second kappa shape index (κ2) is 11.2. The van der Waals surface area contributed by atoms with Gasteiger partial charge in [-0.15, -0.1) is 0 Å². The van der Waals surface area contributed by atoms with E-state index in [1.165, 1.54) is 0 Å². The summed E-state index contributed by atoms with van der Waals surface area (Å²) in [7, 11) is 0. The third-order valence-electron chi connectivity index (χ3n) is 3.06. The molecule has 0 fully saturated rings. The number of carbonyl (C=O) groups is 3. The fourth-order valence-electron chi connectivity index (χ4n) is 1.92. The molecule has 0 saturated carbocycles. The van der Waals surface area contributed by atoms with E-state index in [1.54, 1.807) is 0 Å². The first-order valence-corrected chi connectivity index (χ1v) is 7.74. The van der Waals surface area contributed by atoms with Crippen molar-refractivity contribution in [2.75, 3.05) is 13.1 Å². The zero-order valence-electron chi connectivity index (χ0n) is 14.1. The van der Waals surface area contributed by atoms with Gasteiger partial charge in [0, 0.05) is 6.54 Å². The van der Waals surface area contributed by atoms with Gasteiger partial charge in [0.1, 0.15) is 12.6 Å². The molecule has 24 heavy (non-hydrogen) atoms. The lowest BCUT2D eigenvalue weighted by Crippen LogP contribution is -2.52. The first-order valence-electron chi connectivity index (χ1n) is 7.74. The number of carboxylic acid groups (broad SMARTS) is 1. The van der Waals surface area contributed by atoms with Gasteiger partial charge in [-0.1, -0.05) is 13.8 Å². The quantitative estimate of drug-likeness (QED) is 0.143. The molecule has 0 rings (SSSR count). The molecule has 0 aromatic heterocycles. The molecule has 0 aliphatic carbocycles. The zero-order valence-corrected chi connectivity index (χ0v) is 14.1. The smallest absolute Gasteiger partial charge is 0.322 e. The van der Waals surface area contributed by atoms with E-state index >= 15 is 0 Å². The number of aliphatic carboxylic acids is 1. The average molecular weight is 344 g/mol. The summed E-state index contributed by atoms with van der Waals surface area (Å²) in [6.45, 7) is 3.63. The van der Waals surface area contributed by atoms with Crippen LogP contribution in [-0.4, -0.2) is 54.0 Å². The maximum absolute atomic E-state index is 12.1. The fraction of sp³-hybridized carbons (Fsp3) is 0.714. The average Bonchev–Trinajstić information content (AvgIpc) is 2.47. The molecular weight excluding hydrogens is 316 g/mol. The second-order valence-electron chi connectivity index (χ2n) is 5.86. The van der Waals surface area contributed by atoms with E-state index in [-0.39, 0.29) is 11.9 Å². The Morgan fingerprint density at radius 1 is 1.17 bits per heavy atom. The minimum absolute atomic E-state index is 0.0277. The first kappa shape index (κ1) is 21.6. The summed E-state index contributed by atoms with van der Waals surface area (Å²) in [5, 5.41) is 13.4. The minimum Gasteiger partial charge on any atom is -0.480 e. The van der Waals surface area contributed by atoms with Crippen molar-refractivity contribution >= 4 is 23.7 Å². The number of amides is 2. The van der Waals surface area contributed by atoms with Crippen LogP contribution in [-0.2, 0) is 14.4 Å². The molecule has 0 heterocycles. The van der Waals surface area contributed by atoms with Gasteiger partial charge < -0.3 is 32.9 Å². The van der Waals surface area contributed by atoms with E-state index < -0.39 is 36.4 Å². The van der Waals surface area contributed by atoms with Crippen LogP contribution in [0.15, 0.2) is 4.99 Å². The maximum atomic E-state index is 12.1. The predicted molar refractivity (Wildman–Crippen MR) is 89.9 cm³/mol. The van der Waals surface area contributed by atoms with Crippen molar-refractivity contribution in [1.29, 1.82) is 0 Å². The molecular formula is C14H28N6O4. The number of carbonyl (C=O) groups excluding carboxylic acids is 2. The summed E-state index contributed by atoms with van der Waals surface area (Å²) in [4.78, 5) is 38.4. The highest BCUT2D eigenvalue weighted by molar-refractivity contribution is 5.90. The van der Waals surface area contributed by atoms with Crippen LogP contribution in [0.25, 0.3) is 0 Å². The highest BCUT2D eigenvalue weighted by atomic mass is 16.4. The number of aliphatic imine (C=N–C) groups is 1. The van der Waals surface area contributed by atoms with Gasteiger partial charge in [-0.3, -0.25) is 19.4 Å². The summed E-state index contributed by atoms with van der Waals surface area (Å²) in [5.41, 5.74) is 16.2. The number of nitrogens with one attached hydrogen (secondary N) is 2. The number of carboxylic acids is 1. The topological polar surface area (TPSA) is 186 Å². The summed E-state index contributed by atoms with van der Waals surface area (Å²) in [6, 6.07) is -1.64. The van der Waals surface area contributed by atoms with E-state index in [4.69, 9.17) is 22.3 Å². The monoisotopic (exact) mass is 344 g/mol. The van der Waals surface area contributed by atoms with Crippen molar-refractivity contribution in [3.8, 4) is 0 Å². The van der Waals surface area contributed by atoms with E-state index in [9.17, 15) is 14.4 Å². The van der Waals surface area contributed by atoms with Crippen molar-refractivity contribution in [2.24, 2.45) is 28.1 Å². The van der Waals surface area contributed by atoms with Crippen LogP contribution in [0, 0.1) is 5.92 Å². The Balaban J connectivity index is 4.53. The number of hydrogen-bond donors (Lipinski definition) is 6. The van der Waals surface area contributed by atoms with Gasteiger partial charge >= 0.3 is 5.97 Å². The van der Waals surface area contributed by atoms with Crippen LogP contribution in [0.2, 0.25) is 0 Å². The molecule has 0 unspecified atom stereocenters. The fourth-order valence-corrected chi connectivity index (χ4v) is 1.92. The number of hydrogen-bond acceptors (Lipinski definition) is 5. The standard InChI is InChI=1S/C14H28N6O4/c1-8(2)6-10(13(24)19-7-11(21)22)20-12(23)9(15)4-3-5-18-14(16)17/h8-10H,3-7,15H2,1-2H3,(H,19,24)(H,20,23)(H,21,22)(H4,16,17,18)/t9-,10-/m0/s1. The Bertz CT molecular complexity index is 462. The van der Waals surface area contributed by atoms with E-state index in [0.29, 0.717) is 25.8 Å². The first-order chi connectivity index (χ1) is 11.1. The van der Waals surface area contributed by atoms with Gasteiger partial charge in [0.25, 0.3) is 0 Å². The summed E-state index contributed by atoms with van der Waals surface area (Å²) >= 11 is 0. The largest absolute Gasteiger partial charge is 0.480 e. The predicted octanol–water partition coefficient (Wildman–Crippen LogP) is -1.90. The molecule has 0 bridgehead atoms. The molecule has 2 amide bonds. The Kier molecular flexibility index (Phi) is 10.1. The van der Waals surface area contributed by atoms with Crippen LogP contribution >= 0.6 is 0 Å². The van der Waals surface area contributed by atoms with Gasteiger partial charge in [-0.05, 0) is 25.2 Å². The van der Waals surface area contributed by atoms with Crippen LogP contribution < -0.4 is 27.8 Å². The lowest BCUT2D eigenvalue weighted by atomic mass is 10.0. The molecule has 0 aliphatic rings. The van der Waals surface area contributed by atoms with Crippen LogP contribution in [0.3, 0.4) is 0 Å². The SMILES string of the molecule is CC(C)C[C@H](NC(=O)[C@@H](N)CCCN=C(N)N)C(=O)NCC(=O)O. The molecule has 0 aromatic carbocycles. The molecule has 0 spiro atoms. The molecule has 10 nitrogen and oxygen atoms in total. The normalized spacial score (nSPS) is 13.0. The van der Waals surface area contributed by atoms with E-state index in [1.807, 2.05) is 13.8 Å². The molecule has 0 saturated heterocycles. The molecule has 2 atom stereocenters. The third kappa shape index (κ3) is 10.4. The Morgan fingerprint density at radius 2 is 1.79 bits per heavy atom. The van der Waals surface area contributed by atoms with Crippen molar-refractivity contribution in [2.45, 2.75) is 45.2 Å². The lowest BCUT2D eigenvalue weighted by Gasteiger charge is -2.21. The van der Waals surface area contributed by atoms with Crippen molar-refractivity contribution in [1.82, 2.24) is 10.6 Å². The highest BCUT2D eigenvalue weighted by Crippen LogP contribution is 2.06. The van der Waals surface area contributed by atoms with Gasteiger partial charge in [0.15, 0.2) is 5.96 Å². The number of rotatable bonds is 11. The maximum Gasteiger partial charge on any atom is 0.322 e. The zero-order chi connectivity index (χ0) is 18.7. The summed E-state index contributed by atoms with van der Waals surface area (Å²) in [6.07, 6.45) is 1.25. The Hall–Kier alpha value is -2.36. The summed E-state index contributed by atoms with van der Waals surface area (Å²) in [5.74, 6) is -2.08. The minimum atomic E-state index is -1.16. The molecule has 9 N–H and O–H groups in total. The van der Waals surface area contributed by atoms with Crippen molar-refractivity contribution in [3.63, 3.8) is 0 Å². The van der Waals surface area contributed by atoms with E-state index in [2.05, 4.69) is 15.6 Å². The van der Waals surface area contributed by atoms with Gasteiger partial charge in [-0.25, -0.2) is 0 Å². The summed E-state index contributed by atoms with van der Waals surface area (Å²) < 4.78 is 0. The Morgan fingerprint density at radius 3 is 2.29 bits per heavy atom. The van der Waals surface area contributed by atoms with Crippen molar-refractivity contribution < 1.29 is 19.5 Å². The number of guanidine groups is 1. The third-order valence-corrected chi connectivity index (χ3v) is 3.06. The Labute approximate surface area is 141 Å². The molecule has 0 aliphatic heterocycles. The van der Waals surface area contributed by atoms with Crippen LogP contribution in [0.1, 0.15) is 33.1 Å². The van der Waals surface area contributed by atoms with Crippen LogP contribution in [0.4, 0.5) is 0 Å². The van der Waals surface area contributed by atoms with Gasteiger partial charge in [0.05, 0.1) is 6.04 Å². The molecule has 10 heteroatoms. The van der Waals surface area contributed by atoms with E-state index in [0.717, 1.165) is 0 Å². The lowest BCUT2D eigenvalue weighted by molar-refractivity contribution is -0.138. The highest BCUT2D eigenvalue weighted by Gasteiger charge is 2.24. The molecule has 138 valence electrons. The van der Waals surface area contributed by atoms with Crippen LogP contribution in [0.5, 0.6) is 0 Å². The number of nitrogens with zero attached hydrogens (tertiary/aromatic N) is 1. The van der Waals surface area contributed by atoms with Gasteiger partial charge in [0.2, 0.25) is 11.8 Å².